The molecule has 1 fully saturated rings. The second-order valence-corrected chi connectivity index (χ2v) is 6.67. The summed E-state index contributed by atoms with van der Waals surface area (Å²) >= 11 is 0. The largest absolute Gasteiger partial charge is 0.378 e. The molecule has 1 aliphatic rings. The Bertz CT molecular complexity index is 308. The summed E-state index contributed by atoms with van der Waals surface area (Å²) in [6.07, 6.45) is 0.899. The molecule has 0 aromatic heterocycles. The summed E-state index contributed by atoms with van der Waals surface area (Å²) in [6.45, 7) is 7.51. The van der Waals surface area contributed by atoms with Gasteiger partial charge in [-0.3, -0.25) is 0 Å². The van der Waals surface area contributed by atoms with Crippen LogP contribution in [0.3, 0.4) is 0 Å². The van der Waals surface area contributed by atoms with Gasteiger partial charge in [0, 0.05) is 12.1 Å². The van der Waals surface area contributed by atoms with E-state index < -0.39 is 10.0 Å². The molecular formula is C10H22N2O3S. The molecule has 96 valence electrons. The zero-order chi connectivity index (χ0) is 12.2. The number of hydrogen-bond donors (Lipinski definition) is 2. The highest BCUT2D eigenvalue weighted by molar-refractivity contribution is 7.89. The first kappa shape index (κ1) is 13.9. The van der Waals surface area contributed by atoms with Crippen LogP contribution in [0.5, 0.6) is 0 Å². The summed E-state index contributed by atoms with van der Waals surface area (Å²) in [7, 11) is -3.23. The van der Waals surface area contributed by atoms with E-state index in [0.717, 1.165) is 13.0 Å². The number of ether oxygens (including phenoxy) is 1. The maximum atomic E-state index is 11.8. The van der Waals surface area contributed by atoms with Crippen molar-refractivity contribution < 1.29 is 13.2 Å². The van der Waals surface area contributed by atoms with Gasteiger partial charge in [-0.05, 0) is 33.7 Å². The van der Waals surface area contributed by atoms with E-state index in [1.807, 2.05) is 20.8 Å². The van der Waals surface area contributed by atoms with Gasteiger partial charge in [0.25, 0.3) is 0 Å². The van der Waals surface area contributed by atoms with Crippen LogP contribution < -0.4 is 10.0 Å². The van der Waals surface area contributed by atoms with Crippen molar-refractivity contribution in [3.63, 3.8) is 0 Å². The van der Waals surface area contributed by atoms with E-state index in [4.69, 9.17) is 4.74 Å². The normalized spacial score (nSPS) is 26.5. The van der Waals surface area contributed by atoms with Crippen molar-refractivity contribution in [2.75, 3.05) is 25.4 Å². The van der Waals surface area contributed by atoms with Gasteiger partial charge in [-0.25, -0.2) is 13.1 Å². The van der Waals surface area contributed by atoms with Crippen molar-refractivity contribution in [2.45, 2.75) is 38.8 Å². The minimum absolute atomic E-state index is 0.0285. The second kappa shape index (κ2) is 5.44. The Kier molecular flexibility index (Phi) is 4.73. The van der Waals surface area contributed by atoms with Crippen molar-refractivity contribution in [1.29, 1.82) is 0 Å². The van der Waals surface area contributed by atoms with Crippen LogP contribution in [-0.4, -0.2) is 45.5 Å². The molecule has 0 amide bonds. The zero-order valence-electron chi connectivity index (χ0n) is 10.2. The summed E-state index contributed by atoms with van der Waals surface area (Å²) in [5.74, 6) is 0.0285. The first-order valence-electron chi connectivity index (χ1n) is 5.67. The van der Waals surface area contributed by atoms with Crippen molar-refractivity contribution in [1.82, 2.24) is 10.0 Å². The lowest BCUT2D eigenvalue weighted by Gasteiger charge is -2.24. The number of rotatable bonds is 6. The molecule has 1 unspecified atom stereocenters. The fraction of sp³-hybridized carbons (Fsp3) is 1.00. The molecule has 16 heavy (non-hydrogen) atoms. The van der Waals surface area contributed by atoms with E-state index in [1.165, 1.54) is 0 Å². The molecule has 0 saturated carbocycles. The highest BCUT2D eigenvalue weighted by Crippen LogP contribution is 2.14. The highest BCUT2D eigenvalue weighted by atomic mass is 32.2. The van der Waals surface area contributed by atoms with Gasteiger partial charge in [-0.15, -0.1) is 0 Å². The van der Waals surface area contributed by atoms with E-state index in [-0.39, 0.29) is 24.0 Å². The third kappa shape index (κ3) is 4.78. The molecule has 0 radical (unpaired) electrons. The molecule has 1 atom stereocenters. The second-order valence-electron chi connectivity index (χ2n) is 4.83. The van der Waals surface area contributed by atoms with Gasteiger partial charge < -0.3 is 10.1 Å². The molecule has 2 N–H and O–H groups in total. The van der Waals surface area contributed by atoms with Gasteiger partial charge >= 0.3 is 0 Å². The van der Waals surface area contributed by atoms with Crippen molar-refractivity contribution >= 4 is 10.0 Å². The topological polar surface area (TPSA) is 67.4 Å². The van der Waals surface area contributed by atoms with Crippen LogP contribution in [0.2, 0.25) is 0 Å². The van der Waals surface area contributed by atoms with Crippen LogP contribution in [-0.2, 0) is 14.8 Å². The van der Waals surface area contributed by atoms with Crippen molar-refractivity contribution in [3.05, 3.63) is 0 Å². The maximum absolute atomic E-state index is 11.8. The third-order valence-corrected chi connectivity index (χ3v) is 4.08. The van der Waals surface area contributed by atoms with Gasteiger partial charge in [0.2, 0.25) is 10.0 Å². The summed E-state index contributed by atoms with van der Waals surface area (Å²) in [5, 5.41) is 3.15. The van der Waals surface area contributed by atoms with Gasteiger partial charge in [-0.2, -0.15) is 0 Å². The highest BCUT2D eigenvalue weighted by Gasteiger charge is 2.32. The lowest BCUT2D eigenvalue weighted by atomic mass is 10.0. The van der Waals surface area contributed by atoms with E-state index in [0.29, 0.717) is 6.54 Å². The first-order chi connectivity index (χ1) is 7.33. The van der Waals surface area contributed by atoms with Crippen molar-refractivity contribution in [3.8, 4) is 0 Å². The predicted octanol–water partition coefficient (Wildman–Crippen LogP) is 0.0828. The van der Waals surface area contributed by atoms with E-state index in [9.17, 15) is 8.42 Å². The lowest BCUT2D eigenvalue weighted by Crippen LogP contribution is -2.48. The molecule has 1 saturated heterocycles. The fourth-order valence-corrected chi connectivity index (χ4v) is 3.07. The molecule has 0 aromatic carbocycles. The van der Waals surface area contributed by atoms with E-state index in [1.54, 1.807) is 0 Å². The third-order valence-electron chi connectivity index (χ3n) is 2.57. The Morgan fingerprint density at radius 1 is 1.50 bits per heavy atom. The smallest absolute Gasteiger partial charge is 0.214 e. The number of sulfonamides is 1. The van der Waals surface area contributed by atoms with Gasteiger partial charge in [0.15, 0.2) is 0 Å². The Hall–Kier alpha value is -0.170. The minimum atomic E-state index is -3.23. The molecule has 5 nitrogen and oxygen atoms in total. The molecule has 6 heteroatoms. The monoisotopic (exact) mass is 250 g/mol. The van der Waals surface area contributed by atoms with E-state index in [2.05, 4.69) is 10.0 Å². The van der Waals surface area contributed by atoms with Crippen molar-refractivity contribution in [2.24, 2.45) is 0 Å². The van der Waals surface area contributed by atoms with Crippen LogP contribution in [0.15, 0.2) is 0 Å². The van der Waals surface area contributed by atoms with Crippen LogP contribution >= 0.6 is 0 Å². The van der Waals surface area contributed by atoms with Gasteiger partial charge in [0.05, 0.1) is 18.5 Å². The number of nitrogens with one attached hydrogen (secondary N) is 2. The standard InChI is InChI=1S/C10H22N2O3S/c1-9(2)15-6-7-16(13,14)12-10(3)4-5-11-8-10/h9,11-12H,4-8H2,1-3H3. The zero-order valence-corrected chi connectivity index (χ0v) is 11.1. The quantitative estimate of drug-likeness (QED) is 0.701. The fourth-order valence-electron chi connectivity index (χ4n) is 1.72. The molecule has 0 aromatic rings. The van der Waals surface area contributed by atoms with Crippen LogP contribution in [0, 0.1) is 0 Å². The summed E-state index contributed by atoms with van der Waals surface area (Å²) in [4.78, 5) is 0. The Morgan fingerprint density at radius 3 is 2.69 bits per heavy atom. The van der Waals surface area contributed by atoms with Gasteiger partial charge in [0.1, 0.15) is 0 Å². The van der Waals surface area contributed by atoms with Crippen LogP contribution in [0.4, 0.5) is 0 Å². The lowest BCUT2D eigenvalue weighted by molar-refractivity contribution is 0.0910. The van der Waals surface area contributed by atoms with Gasteiger partial charge in [-0.1, -0.05) is 0 Å². The Morgan fingerprint density at radius 2 is 2.19 bits per heavy atom. The molecule has 1 rings (SSSR count). The van der Waals surface area contributed by atoms with Crippen LogP contribution in [0.1, 0.15) is 27.2 Å². The van der Waals surface area contributed by atoms with E-state index >= 15 is 0 Å². The molecule has 0 bridgehead atoms. The molecule has 0 spiro atoms. The molecular weight excluding hydrogens is 228 g/mol. The number of hydrogen-bond acceptors (Lipinski definition) is 4. The summed E-state index contributed by atoms with van der Waals surface area (Å²) in [6, 6.07) is 0. The summed E-state index contributed by atoms with van der Waals surface area (Å²) in [5.41, 5.74) is -0.337. The van der Waals surface area contributed by atoms with Crippen LogP contribution in [0.25, 0.3) is 0 Å². The maximum Gasteiger partial charge on any atom is 0.214 e. The Labute approximate surface area is 98.0 Å². The average Bonchev–Trinajstić information content (AvgIpc) is 2.49. The SMILES string of the molecule is CC(C)OCCS(=O)(=O)NC1(C)CCNC1. The predicted molar refractivity (Wildman–Crippen MR) is 63.9 cm³/mol. The first-order valence-corrected chi connectivity index (χ1v) is 7.32. The molecule has 1 heterocycles. The summed E-state index contributed by atoms with van der Waals surface area (Å²) < 4.78 is 31.5. The average molecular weight is 250 g/mol. The molecule has 1 aliphatic heterocycles. The molecule has 0 aliphatic carbocycles. The minimum Gasteiger partial charge on any atom is -0.378 e. The Balaban J connectivity index is 2.39.